The minimum absolute atomic E-state index is 0.376. The fourth-order valence-electron chi connectivity index (χ4n) is 1.71. The lowest BCUT2D eigenvalue weighted by atomic mass is 10.0. The number of rotatable bonds is 5. The van der Waals surface area contributed by atoms with Crippen molar-refractivity contribution < 1.29 is 19.5 Å². The predicted octanol–water partition coefficient (Wildman–Crippen LogP) is 0.362. The van der Waals surface area contributed by atoms with Gasteiger partial charge in [0.25, 0.3) is 5.91 Å². The number of hydrogen-bond donors (Lipinski definition) is 3. The average molecular weight is 264 g/mol. The highest BCUT2D eigenvalue weighted by Crippen LogP contribution is 2.10. The van der Waals surface area contributed by atoms with Crippen LogP contribution in [-0.2, 0) is 9.59 Å². The number of carboxylic acid groups (broad SMARTS) is 1. The van der Waals surface area contributed by atoms with Crippen molar-refractivity contribution in [2.75, 3.05) is 0 Å². The molecule has 1 unspecified atom stereocenters. The lowest BCUT2D eigenvalue weighted by Gasteiger charge is -2.14. The van der Waals surface area contributed by atoms with E-state index in [0.29, 0.717) is 5.56 Å². The first-order chi connectivity index (χ1) is 8.81. The Balaban J connectivity index is 2.87. The summed E-state index contributed by atoms with van der Waals surface area (Å²) in [5, 5.41) is 11.2. The summed E-state index contributed by atoms with van der Waals surface area (Å²) in [6, 6.07) is 3.87. The van der Waals surface area contributed by atoms with Crippen molar-refractivity contribution in [3.8, 4) is 0 Å². The van der Waals surface area contributed by atoms with Crippen molar-refractivity contribution in [1.82, 2.24) is 5.32 Å². The molecule has 0 aliphatic rings. The Bertz CT molecular complexity index is 525. The number of carboxylic acids is 1. The van der Waals surface area contributed by atoms with Crippen LogP contribution < -0.4 is 11.1 Å². The van der Waals surface area contributed by atoms with Gasteiger partial charge in [-0.05, 0) is 25.5 Å². The monoisotopic (exact) mass is 264 g/mol. The van der Waals surface area contributed by atoms with E-state index >= 15 is 0 Å². The van der Waals surface area contributed by atoms with E-state index in [1.807, 2.05) is 13.0 Å². The van der Waals surface area contributed by atoms with Crippen molar-refractivity contribution in [2.45, 2.75) is 26.3 Å². The largest absolute Gasteiger partial charge is 0.480 e. The first-order valence-electron chi connectivity index (χ1n) is 5.70. The highest BCUT2D eigenvalue weighted by Gasteiger charge is 2.23. The lowest BCUT2D eigenvalue weighted by molar-refractivity contribution is -0.140. The van der Waals surface area contributed by atoms with Crippen LogP contribution >= 0.6 is 0 Å². The molecule has 0 spiro atoms. The highest BCUT2D eigenvalue weighted by molar-refractivity contribution is 5.98. The van der Waals surface area contributed by atoms with Gasteiger partial charge in [-0.15, -0.1) is 0 Å². The molecule has 6 nitrogen and oxygen atoms in total. The smallest absolute Gasteiger partial charge is 0.326 e. The summed E-state index contributed by atoms with van der Waals surface area (Å²) in [5.41, 5.74) is 7.06. The molecule has 2 amide bonds. The van der Waals surface area contributed by atoms with Crippen LogP contribution in [-0.4, -0.2) is 28.9 Å². The number of primary amides is 1. The minimum atomic E-state index is -1.31. The number of benzene rings is 1. The van der Waals surface area contributed by atoms with Gasteiger partial charge in [-0.3, -0.25) is 9.59 Å². The van der Waals surface area contributed by atoms with Crippen LogP contribution in [0.3, 0.4) is 0 Å². The molecule has 0 radical (unpaired) electrons. The van der Waals surface area contributed by atoms with Gasteiger partial charge in [0.05, 0.1) is 6.42 Å². The van der Waals surface area contributed by atoms with E-state index in [0.717, 1.165) is 11.1 Å². The fraction of sp³-hybridized carbons (Fsp3) is 0.308. The van der Waals surface area contributed by atoms with Gasteiger partial charge in [0, 0.05) is 5.56 Å². The van der Waals surface area contributed by atoms with E-state index < -0.39 is 30.2 Å². The van der Waals surface area contributed by atoms with Gasteiger partial charge >= 0.3 is 5.97 Å². The molecule has 1 aromatic rings. The minimum Gasteiger partial charge on any atom is -0.480 e. The van der Waals surface area contributed by atoms with Crippen molar-refractivity contribution in [1.29, 1.82) is 0 Å². The molecule has 1 atom stereocenters. The zero-order chi connectivity index (χ0) is 14.6. The van der Waals surface area contributed by atoms with Crippen molar-refractivity contribution in [3.63, 3.8) is 0 Å². The highest BCUT2D eigenvalue weighted by atomic mass is 16.4. The lowest BCUT2D eigenvalue weighted by Crippen LogP contribution is -2.43. The van der Waals surface area contributed by atoms with Crippen LogP contribution in [0, 0.1) is 13.8 Å². The Morgan fingerprint density at radius 2 is 1.95 bits per heavy atom. The topological polar surface area (TPSA) is 109 Å². The molecule has 0 heterocycles. The summed E-state index contributed by atoms with van der Waals surface area (Å²) in [7, 11) is 0. The third-order valence-electron chi connectivity index (χ3n) is 2.64. The van der Waals surface area contributed by atoms with Gasteiger partial charge in [0.2, 0.25) is 5.91 Å². The molecule has 1 rings (SSSR count). The number of amides is 2. The quantitative estimate of drug-likeness (QED) is 0.713. The number of carbonyl (C=O) groups excluding carboxylic acids is 2. The Kier molecular flexibility index (Phi) is 4.63. The molecule has 19 heavy (non-hydrogen) atoms. The first kappa shape index (κ1) is 14.7. The van der Waals surface area contributed by atoms with Gasteiger partial charge in [-0.2, -0.15) is 0 Å². The first-order valence-corrected chi connectivity index (χ1v) is 5.70. The zero-order valence-corrected chi connectivity index (χ0v) is 10.8. The van der Waals surface area contributed by atoms with Gasteiger partial charge < -0.3 is 16.2 Å². The Morgan fingerprint density at radius 1 is 1.32 bits per heavy atom. The normalized spacial score (nSPS) is 11.7. The van der Waals surface area contributed by atoms with E-state index in [1.54, 1.807) is 19.1 Å². The van der Waals surface area contributed by atoms with Crippen LogP contribution in [0.5, 0.6) is 0 Å². The number of aliphatic carboxylic acids is 1. The van der Waals surface area contributed by atoms with Crippen LogP contribution in [0.1, 0.15) is 27.9 Å². The number of nitrogens with two attached hydrogens (primary N) is 1. The van der Waals surface area contributed by atoms with E-state index in [1.165, 1.54) is 0 Å². The molecule has 0 saturated carbocycles. The third kappa shape index (κ3) is 4.09. The molecule has 0 bridgehead atoms. The molecule has 4 N–H and O–H groups in total. The maximum absolute atomic E-state index is 11.9. The zero-order valence-electron chi connectivity index (χ0n) is 10.8. The number of hydrogen-bond acceptors (Lipinski definition) is 3. The molecule has 0 aliphatic heterocycles. The van der Waals surface area contributed by atoms with E-state index in [-0.39, 0.29) is 0 Å². The molecule has 1 aromatic carbocycles. The van der Waals surface area contributed by atoms with Crippen LogP contribution in [0.2, 0.25) is 0 Å². The summed E-state index contributed by atoms with van der Waals surface area (Å²) in [4.78, 5) is 33.6. The van der Waals surface area contributed by atoms with Crippen molar-refractivity contribution >= 4 is 17.8 Å². The maximum atomic E-state index is 11.9. The van der Waals surface area contributed by atoms with E-state index in [4.69, 9.17) is 10.8 Å². The fourth-order valence-corrected chi connectivity index (χ4v) is 1.71. The number of aryl methyl sites for hydroxylation is 2. The van der Waals surface area contributed by atoms with E-state index in [2.05, 4.69) is 5.32 Å². The van der Waals surface area contributed by atoms with Crippen molar-refractivity contribution in [3.05, 3.63) is 34.9 Å². The average Bonchev–Trinajstić information content (AvgIpc) is 2.26. The Hall–Kier alpha value is -2.37. The second kappa shape index (κ2) is 5.99. The van der Waals surface area contributed by atoms with Gasteiger partial charge in [-0.25, -0.2) is 4.79 Å². The summed E-state index contributed by atoms with van der Waals surface area (Å²) in [6.07, 6.45) is -0.439. The predicted molar refractivity (Wildman–Crippen MR) is 68.6 cm³/mol. The standard InChI is InChI=1S/C13H16N2O4/c1-7-3-4-9(8(2)5-7)12(17)15-10(13(18)19)6-11(14)16/h3-5,10H,6H2,1-2H3,(H2,14,16)(H,15,17)(H,18,19). The second-order valence-corrected chi connectivity index (χ2v) is 4.35. The maximum Gasteiger partial charge on any atom is 0.326 e. The molecule has 0 saturated heterocycles. The summed E-state index contributed by atoms with van der Waals surface area (Å²) in [6.45, 7) is 3.65. The number of nitrogens with one attached hydrogen (secondary N) is 1. The molecular formula is C13H16N2O4. The third-order valence-corrected chi connectivity index (χ3v) is 2.64. The Morgan fingerprint density at radius 3 is 2.42 bits per heavy atom. The van der Waals surface area contributed by atoms with Crippen LogP contribution in [0.25, 0.3) is 0 Å². The molecule has 0 fully saturated rings. The van der Waals surface area contributed by atoms with Crippen molar-refractivity contribution in [2.24, 2.45) is 5.73 Å². The van der Waals surface area contributed by atoms with Gasteiger partial charge in [-0.1, -0.05) is 17.7 Å². The number of carbonyl (C=O) groups is 3. The molecular weight excluding hydrogens is 248 g/mol. The Labute approximate surface area is 110 Å². The summed E-state index contributed by atoms with van der Waals surface area (Å²) in [5.74, 6) is -2.61. The van der Waals surface area contributed by atoms with Gasteiger partial charge in [0.15, 0.2) is 0 Å². The summed E-state index contributed by atoms with van der Waals surface area (Å²) >= 11 is 0. The molecule has 6 heteroatoms. The summed E-state index contributed by atoms with van der Waals surface area (Å²) < 4.78 is 0. The SMILES string of the molecule is Cc1ccc(C(=O)NC(CC(N)=O)C(=O)O)c(C)c1. The van der Waals surface area contributed by atoms with Gasteiger partial charge in [0.1, 0.15) is 6.04 Å². The van der Waals surface area contributed by atoms with E-state index in [9.17, 15) is 14.4 Å². The molecule has 0 aromatic heterocycles. The molecule has 0 aliphatic carbocycles. The van der Waals surface area contributed by atoms with Crippen LogP contribution in [0.15, 0.2) is 18.2 Å². The molecule has 102 valence electrons. The second-order valence-electron chi connectivity index (χ2n) is 4.35. The van der Waals surface area contributed by atoms with Crippen LogP contribution in [0.4, 0.5) is 0 Å².